The second-order valence-electron chi connectivity index (χ2n) is 5.26. The summed E-state index contributed by atoms with van der Waals surface area (Å²) < 4.78 is 27.7. The SMILES string of the molecule is Cc1ccc(C(=O)C2NCCc3ccccc32)c(F)c1F. The molecule has 0 saturated carbocycles. The number of halogens is 2. The van der Waals surface area contributed by atoms with Crippen molar-refractivity contribution in [3.8, 4) is 0 Å². The van der Waals surface area contributed by atoms with Crippen molar-refractivity contribution >= 4 is 5.78 Å². The molecule has 0 saturated heterocycles. The molecule has 2 aromatic carbocycles. The summed E-state index contributed by atoms with van der Waals surface area (Å²) in [6.45, 7) is 2.12. The van der Waals surface area contributed by atoms with Crippen LogP contribution in [0.1, 0.15) is 33.1 Å². The molecule has 1 aliphatic heterocycles. The van der Waals surface area contributed by atoms with E-state index in [2.05, 4.69) is 5.32 Å². The lowest BCUT2D eigenvalue weighted by Crippen LogP contribution is -2.35. The van der Waals surface area contributed by atoms with Crippen LogP contribution in [-0.2, 0) is 6.42 Å². The number of carbonyl (C=O) groups excluding carboxylic acids is 1. The Bertz CT molecular complexity index is 712. The lowest BCUT2D eigenvalue weighted by molar-refractivity contribution is 0.0934. The number of ketones is 1. The van der Waals surface area contributed by atoms with Gasteiger partial charge in [-0.3, -0.25) is 4.79 Å². The first kappa shape index (κ1) is 13.9. The molecule has 0 aliphatic carbocycles. The fraction of sp³-hybridized carbons (Fsp3) is 0.235. The average molecular weight is 287 g/mol. The largest absolute Gasteiger partial charge is 0.303 e. The second-order valence-corrected chi connectivity index (χ2v) is 5.26. The Labute approximate surface area is 121 Å². The molecule has 1 atom stereocenters. The average Bonchev–Trinajstić information content (AvgIpc) is 2.51. The number of benzene rings is 2. The fourth-order valence-electron chi connectivity index (χ4n) is 2.73. The molecular formula is C17H15F2NO. The zero-order valence-corrected chi connectivity index (χ0v) is 11.6. The highest BCUT2D eigenvalue weighted by Gasteiger charge is 2.29. The van der Waals surface area contributed by atoms with Gasteiger partial charge in [-0.2, -0.15) is 0 Å². The number of Topliss-reactive ketones (excluding diaryl/α,β-unsaturated/α-hetero) is 1. The van der Waals surface area contributed by atoms with Crippen molar-refractivity contribution in [3.63, 3.8) is 0 Å². The molecule has 1 unspecified atom stereocenters. The maximum absolute atomic E-state index is 14.0. The zero-order valence-electron chi connectivity index (χ0n) is 11.6. The van der Waals surface area contributed by atoms with Gasteiger partial charge in [-0.25, -0.2) is 8.78 Å². The topological polar surface area (TPSA) is 29.1 Å². The van der Waals surface area contributed by atoms with Gasteiger partial charge in [0.15, 0.2) is 17.4 Å². The van der Waals surface area contributed by atoms with E-state index in [9.17, 15) is 13.6 Å². The third-order valence-corrected chi connectivity index (χ3v) is 3.91. The van der Waals surface area contributed by atoms with E-state index in [1.807, 2.05) is 24.3 Å². The Morgan fingerprint density at radius 2 is 1.90 bits per heavy atom. The number of rotatable bonds is 2. The van der Waals surface area contributed by atoms with Crippen LogP contribution in [0.5, 0.6) is 0 Å². The first-order valence-corrected chi connectivity index (χ1v) is 6.89. The molecule has 0 radical (unpaired) electrons. The summed E-state index contributed by atoms with van der Waals surface area (Å²) >= 11 is 0. The quantitative estimate of drug-likeness (QED) is 0.858. The van der Waals surface area contributed by atoms with E-state index < -0.39 is 23.5 Å². The number of carbonyl (C=O) groups is 1. The second kappa shape index (κ2) is 5.37. The first-order chi connectivity index (χ1) is 10.1. The van der Waals surface area contributed by atoms with Crippen LogP contribution in [0.15, 0.2) is 36.4 Å². The van der Waals surface area contributed by atoms with Gasteiger partial charge in [0.05, 0.1) is 11.6 Å². The normalized spacial score (nSPS) is 17.4. The molecule has 0 aromatic heterocycles. The van der Waals surface area contributed by atoms with Crippen LogP contribution in [0.3, 0.4) is 0 Å². The first-order valence-electron chi connectivity index (χ1n) is 6.89. The van der Waals surface area contributed by atoms with Gasteiger partial charge in [-0.15, -0.1) is 0 Å². The summed E-state index contributed by atoms with van der Waals surface area (Å²) in [4.78, 5) is 12.6. The lowest BCUT2D eigenvalue weighted by atomic mass is 9.89. The summed E-state index contributed by atoms with van der Waals surface area (Å²) in [5.74, 6) is -2.45. The third kappa shape index (κ3) is 2.36. The van der Waals surface area contributed by atoms with Crippen molar-refractivity contribution in [2.75, 3.05) is 6.54 Å². The molecular weight excluding hydrogens is 272 g/mol. The van der Waals surface area contributed by atoms with Crippen molar-refractivity contribution in [2.45, 2.75) is 19.4 Å². The Morgan fingerprint density at radius 3 is 2.71 bits per heavy atom. The van der Waals surface area contributed by atoms with Gasteiger partial charge in [0.2, 0.25) is 0 Å². The molecule has 1 N–H and O–H groups in total. The van der Waals surface area contributed by atoms with E-state index in [1.54, 1.807) is 0 Å². The number of hydrogen-bond acceptors (Lipinski definition) is 2. The van der Waals surface area contributed by atoms with Gasteiger partial charge in [-0.05, 0) is 36.1 Å². The predicted molar refractivity (Wildman–Crippen MR) is 76.3 cm³/mol. The van der Waals surface area contributed by atoms with Crippen LogP contribution in [-0.4, -0.2) is 12.3 Å². The van der Waals surface area contributed by atoms with Gasteiger partial charge in [0.25, 0.3) is 0 Å². The lowest BCUT2D eigenvalue weighted by Gasteiger charge is -2.26. The van der Waals surface area contributed by atoms with Crippen molar-refractivity contribution in [2.24, 2.45) is 0 Å². The van der Waals surface area contributed by atoms with Crippen LogP contribution in [0.4, 0.5) is 8.78 Å². The molecule has 21 heavy (non-hydrogen) atoms. The molecule has 0 fully saturated rings. The van der Waals surface area contributed by atoms with Crippen molar-refractivity contribution in [1.82, 2.24) is 5.32 Å². The summed E-state index contributed by atoms with van der Waals surface area (Å²) in [5.41, 5.74) is 1.91. The predicted octanol–water partition coefficient (Wildman–Crippen LogP) is 3.34. The highest BCUT2D eigenvalue weighted by Crippen LogP contribution is 2.27. The molecule has 0 bridgehead atoms. The fourth-order valence-corrected chi connectivity index (χ4v) is 2.73. The van der Waals surface area contributed by atoms with Crippen LogP contribution in [0.25, 0.3) is 0 Å². The van der Waals surface area contributed by atoms with Crippen molar-refractivity contribution < 1.29 is 13.6 Å². The van der Waals surface area contributed by atoms with Gasteiger partial charge in [0.1, 0.15) is 0 Å². The van der Waals surface area contributed by atoms with Crippen LogP contribution >= 0.6 is 0 Å². The van der Waals surface area contributed by atoms with Crippen LogP contribution in [0.2, 0.25) is 0 Å². The highest BCUT2D eigenvalue weighted by molar-refractivity contribution is 6.01. The van der Waals surface area contributed by atoms with E-state index >= 15 is 0 Å². The molecule has 4 heteroatoms. The van der Waals surface area contributed by atoms with Gasteiger partial charge in [-0.1, -0.05) is 30.3 Å². The maximum Gasteiger partial charge on any atom is 0.187 e. The van der Waals surface area contributed by atoms with E-state index in [-0.39, 0.29) is 11.1 Å². The highest BCUT2D eigenvalue weighted by atomic mass is 19.2. The molecule has 0 spiro atoms. The summed E-state index contributed by atoms with van der Waals surface area (Å²) in [6.07, 6.45) is 0.824. The van der Waals surface area contributed by atoms with Crippen LogP contribution < -0.4 is 5.32 Å². The molecule has 2 aromatic rings. The Hall–Kier alpha value is -2.07. The maximum atomic E-state index is 14.0. The minimum atomic E-state index is -1.06. The zero-order chi connectivity index (χ0) is 15.0. The number of fused-ring (bicyclic) bond motifs is 1. The summed E-state index contributed by atoms with van der Waals surface area (Å²) in [5, 5.41) is 3.10. The van der Waals surface area contributed by atoms with Crippen LogP contribution in [0, 0.1) is 18.6 Å². The standard InChI is InChI=1S/C17H15F2NO/c1-10-6-7-13(15(19)14(10)18)17(21)16-12-5-3-2-4-11(12)8-9-20-16/h2-7,16,20H,8-9H2,1H3. The van der Waals surface area contributed by atoms with E-state index in [0.717, 1.165) is 17.5 Å². The Balaban J connectivity index is 2.03. The molecule has 3 rings (SSSR count). The van der Waals surface area contributed by atoms with Gasteiger partial charge in [0, 0.05) is 6.54 Å². The summed E-state index contributed by atoms with van der Waals surface area (Å²) in [6, 6.07) is 9.74. The van der Waals surface area contributed by atoms with Crippen molar-refractivity contribution in [3.05, 3.63) is 70.3 Å². The molecule has 1 heterocycles. The summed E-state index contributed by atoms with van der Waals surface area (Å²) in [7, 11) is 0. The Kier molecular flexibility index (Phi) is 3.55. The smallest absolute Gasteiger partial charge is 0.187 e. The number of hydrogen-bond donors (Lipinski definition) is 1. The monoisotopic (exact) mass is 287 g/mol. The molecule has 108 valence electrons. The van der Waals surface area contributed by atoms with Gasteiger partial charge >= 0.3 is 0 Å². The number of aryl methyl sites for hydroxylation is 1. The molecule has 0 amide bonds. The van der Waals surface area contributed by atoms with Gasteiger partial charge < -0.3 is 5.32 Å². The van der Waals surface area contributed by atoms with E-state index in [1.165, 1.54) is 19.1 Å². The number of nitrogens with one attached hydrogen (secondary N) is 1. The molecule has 1 aliphatic rings. The minimum absolute atomic E-state index is 0.195. The Morgan fingerprint density at radius 1 is 1.14 bits per heavy atom. The van der Waals surface area contributed by atoms with E-state index in [4.69, 9.17) is 0 Å². The third-order valence-electron chi connectivity index (χ3n) is 3.91. The minimum Gasteiger partial charge on any atom is -0.303 e. The van der Waals surface area contributed by atoms with E-state index in [0.29, 0.717) is 6.54 Å². The molecule has 2 nitrogen and oxygen atoms in total. The van der Waals surface area contributed by atoms with Crippen molar-refractivity contribution in [1.29, 1.82) is 0 Å².